The second kappa shape index (κ2) is 5.65. The maximum Gasteiger partial charge on any atom is 0.387 e. The Balaban J connectivity index is 2.98. The molecular weight excluding hydrogens is 242 g/mol. The highest BCUT2D eigenvalue weighted by Gasteiger charge is 2.16. The zero-order valence-electron chi connectivity index (χ0n) is 8.38. The molecule has 16 heavy (non-hydrogen) atoms. The van der Waals surface area contributed by atoms with Crippen molar-refractivity contribution in [3.8, 4) is 11.5 Å². The summed E-state index contributed by atoms with van der Waals surface area (Å²) in [6.45, 7) is -1.43. The molecule has 0 aromatic heterocycles. The number of carbonyl (C=O) groups is 1. The Labute approximate surface area is 95.9 Å². The maximum atomic E-state index is 12.0. The van der Waals surface area contributed by atoms with Crippen LogP contribution in [0.3, 0.4) is 0 Å². The van der Waals surface area contributed by atoms with Crippen LogP contribution in [0.5, 0.6) is 11.5 Å². The number of carbonyl (C=O) groups excluding carboxylic acids is 1. The average molecular weight is 251 g/mol. The lowest BCUT2D eigenvalue weighted by Crippen LogP contribution is -2.09. The summed E-state index contributed by atoms with van der Waals surface area (Å²) < 4.78 is 33.1. The summed E-state index contributed by atoms with van der Waals surface area (Å²) in [4.78, 5) is 11.0. The molecule has 0 atom stereocenters. The number of halogens is 3. The van der Waals surface area contributed by atoms with E-state index < -0.39 is 12.6 Å². The van der Waals surface area contributed by atoms with Gasteiger partial charge in [0.25, 0.3) is 0 Å². The Kier molecular flexibility index (Phi) is 4.49. The van der Waals surface area contributed by atoms with Crippen LogP contribution in [-0.4, -0.2) is 12.6 Å². The van der Waals surface area contributed by atoms with Crippen LogP contribution in [0, 0.1) is 0 Å². The van der Waals surface area contributed by atoms with E-state index in [1.165, 1.54) is 18.2 Å². The Morgan fingerprint density at radius 2 is 2.19 bits per heavy atom. The van der Waals surface area contributed by atoms with Gasteiger partial charge in [-0.2, -0.15) is 8.78 Å². The second-order valence-corrected chi connectivity index (χ2v) is 3.18. The van der Waals surface area contributed by atoms with Gasteiger partial charge in [-0.05, 0) is 12.1 Å². The van der Waals surface area contributed by atoms with Gasteiger partial charge in [0.1, 0.15) is 0 Å². The Hall–Kier alpha value is -1.36. The summed E-state index contributed by atoms with van der Waals surface area (Å²) in [7, 11) is 0. The zero-order chi connectivity index (χ0) is 12.1. The van der Waals surface area contributed by atoms with Gasteiger partial charge in [-0.3, -0.25) is 4.79 Å². The van der Waals surface area contributed by atoms with Crippen LogP contribution >= 0.6 is 11.6 Å². The van der Waals surface area contributed by atoms with E-state index in [4.69, 9.17) is 16.3 Å². The van der Waals surface area contributed by atoms with Crippen LogP contribution in [0.2, 0.25) is 5.02 Å². The van der Waals surface area contributed by atoms with Gasteiger partial charge in [-0.15, -0.1) is 0 Å². The first-order valence-corrected chi connectivity index (χ1v) is 4.86. The number of ether oxygens (including phenoxy) is 2. The standard InChI is InChI=1S/C10H9ClF2O3/c1-2-8(14)16-9-6(11)4-3-5-7(9)15-10(12)13/h3-5,10H,2H2,1H3. The molecule has 0 fully saturated rings. The number of para-hydroxylation sites is 1. The van der Waals surface area contributed by atoms with Crippen LogP contribution in [0.4, 0.5) is 8.78 Å². The molecule has 0 unspecified atom stereocenters. The summed E-state index contributed by atoms with van der Waals surface area (Å²) in [6, 6.07) is 4.08. The summed E-state index contributed by atoms with van der Waals surface area (Å²) in [6.07, 6.45) is 0.110. The highest BCUT2D eigenvalue weighted by Crippen LogP contribution is 2.35. The van der Waals surface area contributed by atoms with Crippen LogP contribution in [-0.2, 0) is 4.79 Å². The normalized spacial score (nSPS) is 10.3. The van der Waals surface area contributed by atoms with Crippen LogP contribution < -0.4 is 9.47 Å². The van der Waals surface area contributed by atoms with E-state index in [0.29, 0.717) is 0 Å². The Morgan fingerprint density at radius 1 is 1.50 bits per heavy atom. The van der Waals surface area contributed by atoms with E-state index in [9.17, 15) is 13.6 Å². The molecule has 0 N–H and O–H groups in total. The molecule has 0 amide bonds. The third-order valence-corrected chi connectivity index (χ3v) is 1.95. The SMILES string of the molecule is CCC(=O)Oc1c(Cl)cccc1OC(F)F. The quantitative estimate of drug-likeness (QED) is 0.608. The molecule has 6 heteroatoms. The lowest BCUT2D eigenvalue weighted by Gasteiger charge is -2.11. The number of rotatable bonds is 4. The number of hydrogen-bond acceptors (Lipinski definition) is 3. The maximum absolute atomic E-state index is 12.0. The minimum atomic E-state index is -3.00. The average Bonchev–Trinajstić information content (AvgIpc) is 2.22. The van der Waals surface area contributed by atoms with Crippen molar-refractivity contribution in [2.24, 2.45) is 0 Å². The lowest BCUT2D eigenvalue weighted by atomic mass is 10.3. The predicted molar refractivity (Wildman–Crippen MR) is 54.0 cm³/mol. The Morgan fingerprint density at radius 3 is 2.75 bits per heavy atom. The Bertz CT molecular complexity index is 382. The molecule has 0 aliphatic rings. The fourth-order valence-corrected chi connectivity index (χ4v) is 1.17. The third kappa shape index (κ3) is 3.34. The summed E-state index contributed by atoms with van der Waals surface area (Å²) >= 11 is 5.71. The van der Waals surface area contributed by atoms with Gasteiger partial charge in [-0.25, -0.2) is 0 Å². The van der Waals surface area contributed by atoms with Gasteiger partial charge in [0.05, 0.1) is 5.02 Å². The fraction of sp³-hybridized carbons (Fsp3) is 0.300. The number of benzene rings is 1. The largest absolute Gasteiger partial charge is 0.431 e. The number of alkyl halides is 2. The van der Waals surface area contributed by atoms with Gasteiger partial charge in [0, 0.05) is 6.42 Å². The third-order valence-electron chi connectivity index (χ3n) is 1.65. The molecule has 3 nitrogen and oxygen atoms in total. The van der Waals surface area contributed by atoms with Crippen molar-refractivity contribution >= 4 is 17.6 Å². The van der Waals surface area contributed by atoms with Crippen LogP contribution in [0.1, 0.15) is 13.3 Å². The van der Waals surface area contributed by atoms with Crippen molar-refractivity contribution in [1.29, 1.82) is 0 Å². The van der Waals surface area contributed by atoms with Gasteiger partial charge in [-0.1, -0.05) is 24.6 Å². The molecule has 0 bridgehead atoms. The van der Waals surface area contributed by atoms with Crippen LogP contribution in [0.25, 0.3) is 0 Å². The topological polar surface area (TPSA) is 35.5 Å². The van der Waals surface area contributed by atoms with Gasteiger partial charge < -0.3 is 9.47 Å². The van der Waals surface area contributed by atoms with Gasteiger partial charge in [0.2, 0.25) is 0 Å². The van der Waals surface area contributed by atoms with E-state index >= 15 is 0 Å². The van der Waals surface area contributed by atoms with Crippen molar-refractivity contribution in [1.82, 2.24) is 0 Å². The summed E-state index contributed by atoms with van der Waals surface area (Å²) in [5.41, 5.74) is 0. The molecule has 1 aromatic carbocycles. The summed E-state index contributed by atoms with van der Waals surface area (Å²) in [5, 5.41) is 0.0416. The summed E-state index contributed by atoms with van der Waals surface area (Å²) in [5.74, 6) is -1.02. The number of hydrogen-bond donors (Lipinski definition) is 0. The minimum absolute atomic E-state index is 0.0416. The van der Waals surface area contributed by atoms with Gasteiger partial charge >= 0.3 is 12.6 Å². The van der Waals surface area contributed by atoms with Crippen molar-refractivity contribution in [2.45, 2.75) is 20.0 Å². The molecule has 0 radical (unpaired) electrons. The number of esters is 1. The first-order valence-electron chi connectivity index (χ1n) is 4.48. The molecule has 88 valence electrons. The molecule has 0 aliphatic heterocycles. The molecule has 0 aliphatic carbocycles. The molecule has 0 saturated carbocycles. The smallest absolute Gasteiger partial charge is 0.387 e. The predicted octanol–water partition coefficient (Wildman–Crippen LogP) is 3.26. The van der Waals surface area contributed by atoms with E-state index in [-0.39, 0.29) is 22.9 Å². The highest BCUT2D eigenvalue weighted by atomic mass is 35.5. The lowest BCUT2D eigenvalue weighted by molar-refractivity contribution is -0.134. The molecule has 0 spiro atoms. The monoisotopic (exact) mass is 250 g/mol. The first kappa shape index (κ1) is 12.7. The fourth-order valence-electron chi connectivity index (χ4n) is 0.963. The second-order valence-electron chi connectivity index (χ2n) is 2.77. The highest BCUT2D eigenvalue weighted by molar-refractivity contribution is 6.32. The minimum Gasteiger partial charge on any atom is -0.431 e. The van der Waals surface area contributed by atoms with E-state index in [1.54, 1.807) is 6.92 Å². The van der Waals surface area contributed by atoms with E-state index in [2.05, 4.69) is 4.74 Å². The molecule has 0 saturated heterocycles. The van der Waals surface area contributed by atoms with Crippen molar-refractivity contribution in [2.75, 3.05) is 0 Å². The first-order chi connectivity index (χ1) is 7.54. The van der Waals surface area contributed by atoms with Crippen molar-refractivity contribution in [3.63, 3.8) is 0 Å². The van der Waals surface area contributed by atoms with E-state index in [0.717, 1.165) is 0 Å². The molecule has 1 rings (SSSR count). The van der Waals surface area contributed by atoms with E-state index in [1.807, 2.05) is 0 Å². The van der Waals surface area contributed by atoms with Crippen molar-refractivity contribution < 1.29 is 23.0 Å². The zero-order valence-corrected chi connectivity index (χ0v) is 9.13. The molecule has 0 heterocycles. The molecule has 1 aromatic rings. The molecular formula is C10H9ClF2O3. The van der Waals surface area contributed by atoms with Crippen LogP contribution in [0.15, 0.2) is 18.2 Å². The van der Waals surface area contributed by atoms with Crippen molar-refractivity contribution in [3.05, 3.63) is 23.2 Å². The van der Waals surface area contributed by atoms with Gasteiger partial charge in [0.15, 0.2) is 11.5 Å².